The third-order valence-electron chi connectivity index (χ3n) is 3.89. The molecule has 0 saturated carbocycles. The Morgan fingerprint density at radius 3 is 2.58 bits per heavy atom. The number of anilines is 1. The molecule has 0 spiro atoms. The summed E-state index contributed by atoms with van der Waals surface area (Å²) in [5.74, 6) is 1.91. The smallest absolute Gasteiger partial charge is 0.191 e. The second kappa shape index (κ2) is 8.33. The van der Waals surface area contributed by atoms with Crippen LogP contribution in [0.15, 0.2) is 23.3 Å². The van der Waals surface area contributed by atoms with Gasteiger partial charge in [-0.15, -0.1) is 0 Å². The zero-order chi connectivity index (χ0) is 17.6. The van der Waals surface area contributed by atoms with Crippen molar-refractivity contribution in [3.8, 4) is 0 Å². The van der Waals surface area contributed by atoms with Gasteiger partial charge >= 0.3 is 0 Å². The lowest BCUT2D eigenvalue weighted by Gasteiger charge is -2.33. The molecule has 0 aliphatic carbocycles. The van der Waals surface area contributed by atoms with Gasteiger partial charge in [0, 0.05) is 44.5 Å². The van der Waals surface area contributed by atoms with Crippen molar-refractivity contribution in [2.45, 2.75) is 39.8 Å². The number of hydrogen-bond donors (Lipinski definition) is 2. The average molecular weight is 332 g/mol. The van der Waals surface area contributed by atoms with Crippen LogP contribution in [0.3, 0.4) is 0 Å². The molecule has 1 fully saturated rings. The van der Waals surface area contributed by atoms with Gasteiger partial charge in [-0.3, -0.25) is 0 Å². The van der Waals surface area contributed by atoms with E-state index in [1.807, 2.05) is 12.3 Å². The van der Waals surface area contributed by atoms with Crippen LogP contribution in [0.1, 0.15) is 33.3 Å². The van der Waals surface area contributed by atoms with Gasteiger partial charge in [0.1, 0.15) is 5.82 Å². The number of pyridine rings is 1. The fourth-order valence-electron chi connectivity index (χ4n) is 2.60. The summed E-state index contributed by atoms with van der Waals surface area (Å²) < 4.78 is 0. The van der Waals surface area contributed by atoms with Crippen LogP contribution in [-0.2, 0) is 6.54 Å². The van der Waals surface area contributed by atoms with E-state index in [1.165, 1.54) is 5.56 Å². The van der Waals surface area contributed by atoms with E-state index < -0.39 is 0 Å². The molecule has 0 bridgehead atoms. The van der Waals surface area contributed by atoms with Gasteiger partial charge in [0.15, 0.2) is 5.96 Å². The van der Waals surface area contributed by atoms with Crippen molar-refractivity contribution in [3.63, 3.8) is 0 Å². The molecule has 24 heavy (non-hydrogen) atoms. The molecule has 1 aromatic rings. The Bertz CT molecular complexity index is 541. The van der Waals surface area contributed by atoms with Crippen LogP contribution < -0.4 is 15.5 Å². The molecule has 2 heterocycles. The Balaban J connectivity index is 2.03. The standard InChI is InChI=1S/C18H32N6/c1-6-19-17(22-18(2,3)4)21-14-15-7-8-20-16(13-15)24-11-9-23(5)10-12-24/h7-8,13H,6,9-12,14H2,1-5H3,(H2,19,21,22). The first-order valence-corrected chi connectivity index (χ1v) is 8.82. The highest BCUT2D eigenvalue weighted by atomic mass is 15.3. The van der Waals surface area contributed by atoms with Crippen LogP contribution in [0.25, 0.3) is 0 Å². The Kier molecular flexibility index (Phi) is 6.43. The zero-order valence-corrected chi connectivity index (χ0v) is 15.8. The predicted octanol–water partition coefficient (Wildman–Crippen LogP) is 1.69. The number of guanidine groups is 1. The van der Waals surface area contributed by atoms with E-state index in [2.05, 4.69) is 66.2 Å². The van der Waals surface area contributed by atoms with E-state index in [1.54, 1.807) is 0 Å². The van der Waals surface area contributed by atoms with Gasteiger partial charge in [0.2, 0.25) is 0 Å². The molecule has 0 amide bonds. The van der Waals surface area contributed by atoms with Gasteiger partial charge in [0.05, 0.1) is 6.54 Å². The van der Waals surface area contributed by atoms with Crippen molar-refractivity contribution in [1.29, 1.82) is 0 Å². The second-order valence-electron chi connectivity index (χ2n) is 7.38. The minimum absolute atomic E-state index is 0.00969. The van der Waals surface area contributed by atoms with E-state index >= 15 is 0 Å². The van der Waals surface area contributed by atoms with E-state index in [0.29, 0.717) is 6.54 Å². The summed E-state index contributed by atoms with van der Waals surface area (Å²) in [6.45, 7) is 14.2. The van der Waals surface area contributed by atoms with Crippen molar-refractivity contribution >= 4 is 11.8 Å². The van der Waals surface area contributed by atoms with Crippen molar-refractivity contribution in [1.82, 2.24) is 20.5 Å². The third-order valence-corrected chi connectivity index (χ3v) is 3.89. The van der Waals surface area contributed by atoms with E-state index in [4.69, 9.17) is 4.99 Å². The largest absolute Gasteiger partial charge is 0.357 e. The molecule has 1 saturated heterocycles. The van der Waals surface area contributed by atoms with Crippen LogP contribution in [0.4, 0.5) is 5.82 Å². The minimum atomic E-state index is -0.00969. The van der Waals surface area contributed by atoms with Crippen LogP contribution in [0, 0.1) is 0 Å². The summed E-state index contributed by atoms with van der Waals surface area (Å²) in [5, 5.41) is 6.72. The van der Waals surface area contributed by atoms with E-state index in [-0.39, 0.29) is 5.54 Å². The van der Waals surface area contributed by atoms with Gasteiger partial charge in [-0.2, -0.15) is 0 Å². The second-order valence-corrected chi connectivity index (χ2v) is 7.38. The molecular formula is C18H32N6. The SMILES string of the molecule is CCNC(=NCc1ccnc(N2CCN(C)CC2)c1)NC(C)(C)C. The highest BCUT2D eigenvalue weighted by Crippen LogP contribution is 2.15. The maximum atomic E-state index is 4.71. The van der Waals surface area contributed by atoms with E-state index in [0.717, 1.165) is 44.5 Å². The highest BCUT2D eigenvalue weighted by molar-refractivity contribution is 5.80. The average Bonchev–Trinajstić information content (AvgIpc) is 2.52. The first-order valence-electron chi connectivity index (χ1n) is 8.82. The molecule has 134 valence electrons. The van der Waals surface area contributed by atoms with Gasteiger partial charge in [0.25, 0.3) is 0 Å². The van der Waals surface area contributed by atoms with Crippen LogP contribution in [-0.4, -0.2) is 61.2 Å². The maximum absolute atomic E-state index is 4.71. The zero-order valence-electron chi connectivity index (χ0n) is 15.8. The van der Waals surface area contributed by atoms with Crippen molar-refractivity contribution in [3.05, 3.63) is 23.9 Å². The summed E-state index contributed by atoms with van der Waals surface area (Å²) in [5.41, 5.74) is 1.18. The van der Waals surface area contributed by atoms with Gasteiger partial charge in [-0.1, -0.05) is 0 Å². The van der Waals surface area contributed by atoms with Crippen molar-refractivity contribution in [2.24, 2.45) is 4.99 Å². The first kappa shape index (κ1) is 18.5. The lowest BCUT2D eigenvalue weighted by atomic mass is 10.1. The quantitative estimate of drug-likeness (QED) is 0.649. The van der Waals surface area contributed by atoms with E-state index in [9.17, 15) is 0 Å². The molecule has 1 aromatic heterocycles. The Morgan fingerprint density at radius 2 is 1.96 bits per heavy atom. The summed E-state index contributed by atoms with van der Waals surface area (Å²) in [6.07, 6.45) is 1.89. The first-order chi connectivity index (χ1) is 11.4. The Morgan fingerprint density at radius 1 is 1.25 bits per heavy atom. The number of piperazine rings is 1. The van der Waals surface area contributed by atoms with Gasteiger partial charge in [-0.05, 0) is 52.4 Å². The summed E-state index contributed by atoms with van der Waals surface area (Å²) in [6, 6.07) is 4.21. The summed E-state index contributed by atoms with van der Waals surface area (Å²) in [7, 11) is 2.17. The molecule has 0 aromatic carbocycles. The molecule has 2 rings (SSSR count). The number of likely N-dealkylation sites (N-methyl/N-ethyl adjacent to an activating group) is 1. The molecule has 1 aliphatic heterocycles. The molecule has 1 aliphatic rings. The fourth-order valence-corrected chi connectivity index (χ4v) is 2.60. The minimum Gasteiger partial charge on any atom is -0.357 e. The lowest BCUT2D eigenvalue weighted by Crippen LogP contribution is -2.47. The number of aromatic nitrogens is 1. The number of hydrogen-bond acceptors (Lipinski definition) is 4. The highest BCUT2D eigenvalue weighted by Gasteiger charge is 2.15. The van der Waals surface area contributed by atoms with Gasteiger partial charge in [-0.25, -0.2) is 9.98 Å². The van der Waals surface area contributed by atoms with Crippen molar-refractivity contribution < 1.29 is 0 Å². The Labute approximate surface area is 146 Å². The van der Waals surface area contributed by atoms with Crippen molar-refractivity contribution in [2.75, 3.05) is 44.7 Å². The molecule has 2 N–H and O–H groups in total. The normalized spacial score (nSPS) is 17.0. The predicted molar refractivity (Wildman–Crippen MR) is 102 cm³/mol. The molecule has 6 heteroatoms. The molecular weight excluding hydrogens is 300 g/mol. The summed E-state index contributed by atoms with van der Waals surface area (Å²) >= 11 is 0. The Hall–Kier alpha value is -1.82. The molecule has 0 radical (unpaired) electrons. The number of nitrogens with zero attached hydrogens (tertiary/aromatic N) is 4. The van der Waals surface area contributed by atoms with Crippen LogP contribution >= 0.6 is 0 Å². The summed E-state index contributed by atoms with van der Waals surface area (Å²) in [4.78, 5) is 14.0. The number of nitrogens with one attached hydrogen (secondary N) is 2. The molecule has 6 nitrogen and oxygen atoms in total. The molecule has 0 atom stereocenters. The van der Waals surface area contributed by atoms with Gasteiger partial charge < -0.3 is 20.4 Å². The third kappa shape index (κ3) is 6.00. The number of aliphatic imine (C=N–C) groups is 1. The number of rotatable bonds is 4. The van der Waals surface area contributed by atoms with Crippen LogP contribution in [0.5, 0.6) is 0 Å². The van der Waals surface area contributed by atoms with Crippen LogP contribution in [0.2, 0.25) is 0 Å². The fraction of sp³-hybridized carbons (Fsp3) is 0.667. The maximum Gasteiger partial charge on any atom is 0.191 e. The lowest BCUT2D eigenvalue weighted by molar-refractivity contribution is 0.312. The molecule has 0 unspecified atom stereocenters. The topological polar surface area (TPSA) is 55.8 Å². The monoisotopic (exact) mass is 332 g/mol.